The van der Waals surface area contributed by atoms with E-state index in [1.165, 1.54) is 0 Å². The number of para-hydroxylation sites is 1. The van der Waals surface area contributed by atoms with E-state index in [1.54, 1.807) is 16.5 Å². The summed E-state index contributed by atoms with van der Waals surface area (Å²) in [6, 6.07) is 9.57. The van der Waals surface area contributed by atoms with Crippen LogP contribution in [0.1, 0.15) is 21.7 Å². The third-order valence-electron chi connectivity index (χ3n) is 4.01. The number of aryl methyl sites for hydroxylation is 1. The van der Waals surface area contributed by atoms with Crippen LogP contribution in [0.5, 0.6) is 0 Å². The van der Waals surface area contributed by atoms with Gasteiger partial charge in [-0.3, -0.25) is 9.59 Å². The van der Waals surface area contributed by atoms with Crippen molar-refractivity contribution >= 4 is 11.7 Å². The summed E-state index contributed by atoms with van der Waals surface area (Å²) in [6.45, 7) is 5.42. The second-order valence-corrected chi connectivity index (χ2v) is 5.53. The lowest BCUT2D eigenvalue weighted by Gasteiger charge is -2.26. The molecule has 120 valence electrons. The van der Waals surface area contributed by atoms with Crippen molar-refractivity contribution in [2.45, 2.75) is 13.8 Å². The highest BCUT2D eigenvalue weighted by atomic mass is 16.5. The van der Waals surface area contributed by atoms with Gasteiger partial charge in [-0.2, -0.15) is 5.10 Å². The molecule has 1 amide bonds. The van der Waals surface area contributed by atoms with Gasteiger partial charge in [0, 0.05) is 13.1 Å². The Bertz CT molecular complexity index is 731. The lowest BCUT2D eigenvalue weighted by Crippen LogP contribution is -2.44. The smallest absolute Gasteiger partial charge is 0.295 e. The third kappa shape index (κ3) is 2.90. The minimum absolute atomic E-state index is 0.394. The van der Waals surface area contributed by atoms with Gasteiger partial charge in [0.15, 0.2) is 0 Å². The van der Waals surface area contributed by atoms with Crippen molar-refractivity contribution in [2.75, 3.05) is 26.3 Å². The predicted molar refractivity (Wildman–Crippen MR) is 84.8 cm³/mol. The molecule has 1 saturated heterocycles. The van der Waals surface area contributed by atoms with Gasteiger partial charge in [0.1, 0.15) is 0 Å². The van der Waals surface area contributed by atoms with Crippen LogP contribution < -0.4 is 0 Å². The molecular weight excluding hydrogens is 294 g/mol. The van der Waals surface area contributed by atoms with Gasteiger partial charge in [0.2, 0.25) is 0 Å². The van der Waals surface area contributed by atoms with Crippen LogP contribution in [0.25, 0.3) is 5.69 Å². The number of morpholine rings is 1. The number of carbonyl (C=O) groups is 2. The fourth-order valence-electron chi connectivity index (χ4n) is 2.81. The van der Waals surface area contributed by atoms with Crippen molar-refractivity contribution in [3.05, 3.63) is 47.3 Å². The summed E-state index contributed by atoms with van der Waals surface area (Å²) in [5.74, 6) is -0.976. The van der Waals surface area contributed by atoms with Gasteiger partial charge in [0.25, 0.3) is 11.7 Å². The van der Waals surface area contributed by atoms with Crippen molar-refractivity contribution < 1.29 is 14.3 Å². The van der Waals surface area contributed by atoms with Crippen molar-refractivity contribution in [1.82, 2.24) is 14.7 Å². The summed E-state index contributed by atoms with van der Waals surface area (Å²) in [4.78, 5) is 26.6. The molecule has 1 fully saturated rings. The number of amides is 1. The Morgan fingerprint density at radius 1 is 1.09 bits per heavy atom. The molecule has 6 heteroatoms. The maximum atomic E-state index is 12.6. The van der Waals surface area contributed by atoms with Gasteiger partial charge in [-0.05, 0) is 26.0 Å². The average molecular weight is 313 g/mol. The molecule has 0 saturated carbocycles. The monoisotopic (exact) mass is 313 g/mol. The topological polar surface area (TPSA) is 64.4 Å². The Morgan fingerprint density at radius 3 is 2.39 bits per heavy atom. The Labute approximate surface area is 134 Å². The Balaban J connectivity index is 1.92. The molecule has 6 nitrogen and oxygen atoms in total. The van der Waals surface area contributed by atoms with Crippen LogP contribution in [0.3, 0.4) is 0 Å². The first kappa shape index (κ1) is 15.4. The first-order chi connectivity index (χ1) is 11.1. The number of hydrogen-bond donors (Lipinski definition) is 0. The first-order valence-electron chi connectivity index (χ1n) is 7.62. The maximum Gasteiger partial charge on any atom is 0.295 e. The normalized spacial score (nSPS) is 14.8. The second-order valence-electron chi connectivity index (χ2n) is 5.53. The summed E-state index contributed by atoms with van der Waals surface area (Å²) in [6.07, 6.45) is 0. The number of Topliss-reactive ketones (excluding diaryl/α,β-unsaturated/α-hetero) is 1. The summed E-state index contributed by atoms with van der Waals surface area (Å²) in [5, 5.41) is 4.43. The van der Waals surface area contributed by atoms with Crippen molar-refractivity contribution in [1.29, 1.82) is 0 Å². The Kier molecular flexibility index (Phi) is 4.25. The summed E-state index contributed by atoms with van der Waals surface area (Å²) >= 11 is 0. The maximum absolute atomic E-state index is 12.6. The predicted octanol–water partition coefficient (Wildman–Crippen LogP) is 1.53. The van der Waals surface area contributed by atoms with Crippen LogP contribution in [-0.2, 0) is 9.53 Å². The minimum Gasteiger partial charge on any atom is -0.378 e. The molecule has 0 unspecified atom stereocenters. The van der Waals surface area contributed by atoms with E-state index in [0.29, 0.717) is 43.3 Å². The number of nitrogens with zero attached hydrogens (tertiary/aromatic N) is 3. The van der Waals surface area contributed by atoms with E-state index in [0.717, 1.165) is 5.69 Å². The number of ether oxygens (including phenoxy) is 1. The lowest BCUT2D eigenvalue weighted by molar-refractivity contribution is -0.130. The van der Waals surface area contributed by atoms with E-state index in [-0.39, 0.29) is 0 Å². The molecule has 0 spiro atoms. The van der Waals surface area contributed by atoms with Crippen molar-refractivity contribution in [3.63, 3.8) is 0 Å². The summed E-state index contributed by atoms with van der Waals surface area (Å²) < 4.78 is 6.93. The van der Waals surface area contributed by atoms with Gasteiger partial charge >= 0.3 is 0 Å². The lowest BCUT2D eigenvalue weighted by atomic mass is 10.1. The molecule has 0 aliphatic carbocycles. The van der Waals surface area contributed by atoms with E-state index in [2.05, 4.69) is 5.10 Å². The summed E-state index contributed by atoms with van der Waals surface area (Å²) in [5.41, 5.74) is 2.51. The second kappa shape index (κ2) is 6.34. The van der Waals surface area contributed by atoms with Gasteiger partial charge < -0.3 is 9.64 Å². The molecule has 0 atom stereocenters. The van der Waals surface area contributed by atoms with Crippen LogP contribution in [0, 0.1) is 13.8 Å². The molecule has 1 aromatic carbocycles. The number of rotatable bonds is 3. The van der Waals surface area contributed by atoms with Gasteiger partial charge in [-0.15, -0.1) is 0 Å². The fourth-order valence-corrected chi connectivity index (χ4v) is 2.81. The molecule has 0 bridgehead atoms. The standard InChI is InChI=1S/C17H19N3O3/c1-12-15(16(21)17(22)19-8-10-23-11-9-19)13(2)20(18-12)14-6-4-3-5-7-14/h3-7H,8-11H2,1-2H3. The summed E-state index contributed by atoms with van der Waals surface area (Å²) in [7, 11) is 0. The van der Waals surface area contributed by atoms with Crippen LogP contribution in [0.4, 0.5) is 0 Å². The Morgan fingerprint density at radius 2 is 1.74 bits per heavy atom. The number of benzene rings is 1. The molecule has 2 aromatic rings. The van der Waals surface area contributed by atoms with Crippen LogP contribution in [0.15, 0.2) is 30.3 Å². The van der Waals surface area contributed by atoms with Gasteiger partial charge in [-0.1, -0.05) is 18.2 Å². The number of carbonyl (C=O) groups excluding carboxylic acids is 2. The largest absolute Gasteiger partial charge is 0.378 e. The van der Waals surface area contributed by atoms with Crippen molar-refractivity contribution in [3.8, 4) is 5.69 Å². The SMILES string of the molecule is Cc1nn(-c2ccccc2)c(C)c1C(=O)C(=O)N1CCOCC1. The fraction of sp³-hybridized carbons (Fsp3) is 0.353. The average Bonchev–Trinajstić information content (AvgIpc) is 2.89. The molecule has 23 heavy (non-hydrogen) atoms. The highest BCUT2D eigenvalue weighted by molar-refractivity contribution is 6.43. The Hall–Kier alpha value is -2.47. The number of ketones is 1. The van der Waals surface area contributed by atoms with Crippen LogP contribution >= 0.6 is 0 Å². The molecule has 1 aliphatic heterocycles. The quantitative estimate of drug-likeness (QED) is 0.637. The van der Waals surface area contributed by atoms with Gasteiger partial charge in [0.05, 0.1) is 35.9 Å². The molecule has 0 N–H and O–H groups in total. The third-order valence-corrected chi connectivity index (χ3v) is 4.01. The van der Waals surface area contributed by atoms with E-state index in [1.807, 2.05) is 37.3 Å². The molecule has 1 aliphatic rings. The van der Waals surface area contributed by atoms with Gasteiger partial charge in [-0.25, -0.2) is 4.68 Å². The van der Waals surface area contributed by atoms with Crippen LogP contribution in [-0.4, -0.2) is 52.7 Å². The van der Waals surface area contributed by atoms with E-state index in [4.69, 9.17) is 4.74 Å². The van der Waals surface area contributed by atoms with Crippen molar-refractivity contribution in [2.24, 2.45) is 0 Å². The number of hydrogen-bond acceptors (Lipinski definition) is 4. The zero-order valence-electron chi connectivity index (χ0n) is 13.3. The first-order valence-corrected chi connectivity index (χ1v) is 7.62. The molecule has 0 radical (unpaired) electrons. The van der Waals surface area contributed by atoms with E-state index < -0.39 is 11.7 Å². The molecular formula is C17H19N3O3. The molecule has 2 heterocycles. The highest BCUT2D eigenvalue weighted by Crippen LogP contribution is 2.19. The van der Waals surface area contributed by atoms with E-state index >= 15 is 0 Å². The molecule has 1 aromatic heterocycles. The highest BCUT2D eigenvalue weighted by Gasteiger charge is 2.29. The zero-order valence-corrected chi connectivity index (χ0v) is 13.3. The van der Waals surface area contributed by atoms with E-state index in [9.17, 15) is 9.59 Å². The molecule has 3 rings (SSSR count). The minimum atomic E-state index is -0.496. The zero-order chi connectivity index (χ0) is 16.4. The van der Waals surface area contributed by atoms with Crippen LogP contribution in [0.2, 0.25) is 0 Å². The number of aromatic nitrogens is 2.